The first-order chi connectivity index (χ1) is 11.2. The maximum Gasteiger partial charge on any atom is 0.337 e. The molecule has 2 rings (SSSR count). The number of hydrogen-bond donors (Lipinski definition) is 1. The van der Waals surface area contributed by atoms with Crippen LogP contribution >= 0.6 is 22.6 Å². The molecule has 2 aromatic rings. The number of aromatic carboxylic acids is 1. The molecule has 9 heteroatoms. The number of rotatable bonds is 4. The fraction of sp³-hybridized carbons (Fsp3) is 0.0667. The molecule has 0 spiro atoms. The minimum absolute atomic E-state index is 0.143. The van der Waals surface area contributed by atoms with Gasteiger partial charge in [0.05, 0.1) is 16.8 Å². The van der Waals surface area contributed by atoms with Crippen molar-refractivity contribution in [2.24, 2.45) is 0 Å². The van der Waals surface area contributed by atoms with Crippen molar-refractivity contribution in [1.82, 2.24) is 0 Å². The Hall–Kier alpha value is -2.17. The number of anilines is 1. The average Bonchev–Trinajstić information content (AvgIpc) is 2.48. The maximum absolute atomic E-state index is 13.7. The molecule has 0 aromatic heterocycles. The van der Waals surface area contributed by atoms with Gasteiger partial charge in [-0.25, -0.2) is 18.5 Å². The normalized spacial score (nSPS) is 10.8. The first-order valence-electron chi connectivity index (χ1n) is 6.32. The van der Waals surface area contributed by atoms with Gasteiger partial charge in [-0.05, 0) is 52.9 Å². The van der Waals surface area contributed by atoms with Crippen LogP contribution in [0.5, 0.6) is 0 Å². The molecular weight excluding hydrogens is 445 g/mol. The molecule has 0 atom stereocenters. The molecule has 0 aliphatic carbocycles. The summed E-state index contributed by atoms with van der Waals surface area (Å²) in [6.07, 6.45) is 0. The van der Waals surface area contributed by atoms with Crippen LogP contribution in [0.15, 0.2) is 36.4 Å². The van der Waals surface area contributed by atoms with Crippen LogP contribution in [-0.4, -0.2) is 23.5 Å². The number of amides is 1. The van der Waals surface area contributed by atoms with Gasteiger partial charge in [-0.2, -0.15) is 8.78 Å². The summed E-state index contributed by atoms with van der Waals surface area (Å²) in [6, 6.07) is 5.29. The summed E-state index contributed by atoms with van der Waals surface area (Å²) in [5, 5.41) is 9.15. The van der Waals surface area contributed by atoms with Gasteiger partial charge in [0, 0.05) is 9.64 Å². The van der Waals surface area contributed by atoms with E-state index in [0.29, 0.717) is 9.64 Å². The van der Waals surface area contributed by atoms with Crippen molar-refractivity contribution in [2.45, 2.75) is 6.55 Å². The van der Waals surface area contributed by atoms with E-state index < -0.39 is 46.9 Å². The fourth-order valence-corrected chi connectivity index (χ4v) is 2.48. The van der Waals surface area contributed by atoms with E-state index >= 15 is 0 Å². The Bertz CT molecular complexity index is 813. The lowest BCUT2D eigenvalue weighted by Gasteiger charge is -2.23. The van der Waals surface area contributed by atoms with Gasteiger partial charge in [-0.3, -0.25) is 4.79 Å². The summed E-state index contributed by atoms with van der Waals surface area (Å²) in [4.78, 5) is 23.4. The van der Waals surface area contributed by atoms with Gasteiger partial charge in [0.2, 0.25) is 0 Å². The molecule has 0 heterocycles. The molecule has 0 fully saturated rings. The molecule has 1 N–H and O–H groups in total. The van der Waals surface area contributed by atoms with Crippen molar-refractivity contribution in [2.75, 3.05) is 4.90 Å². The predicted molar refractivity (Wildman–Crippen MR) is 85.3 cm³/mol. The molecule has 0 saturated heterocycles. The van der Waals surface area contributed by atoms with Crippen LogP contribution in [-0.2, 0) is 0 Å². The van der Waals surface area contributed by atoms with E-state index in [2.05, 4.69) is 0 Å². The Morgan fingerprint density at radius 1 is 1.04 bits per heavy atom. The van der Waals surface area contributed by atoms with Gasteiger partial charge < -0.3 is 5.11 Å². The lowest BCUT2D eigenvalue weighted by atomic mass is 10.1. The average molecular weight is 453 g/mol. The standard InChI is InChI=1S/C15H8F4INO3/c16-7-1-3-9(11(17)5-7)13(22)21(15(18)19)12-4-2-8(20)6-10(12)14(23)24/h1-6,15H,(H,23,24). The number of carboxylic acids is 1. The van der Waals surface area contributed by atoms with Crippen LogP contribution in [0.4, 0.5) is 23.2 Å². The monoisotopic (exact) mass is 453 g/mol. The highest BCUT2D eigenvalue weighted by Crippen LogP contribution is 2.28. The van der Waals surface area contributed by atoms with E-state index in [1.807, 2.05) is 0 Å². The van der Waals surface area contributed by atoms with Crippen LogP contribution < -0.4 is 4.90 Å². The largest absolute Gasteiger partial charge is 0.478 e. The fourth-order valence-electron chi connectivity index (χ4n) is 1.99. The molecule has 0 radical (unpaired) electrons. The van der Waals surface area contributed by atoms with Crippen LogP contribution in [0.2, 0.25) is 0 Å². The second-order valence-electron chi connectivity index (χ2n) is 4.54. The lowest BCUT2D eigenvalue weighted by molar-refractivity contribution is 0.0696. The van der Waals surface area contributed by atoms with Gasteiger partial charge in [0.1, 0.15) is 11.6 Å². The summed E-state index contributed by atoms with van der Waals surface area (Å²) in [6.45, 7) is -3.43. The zero-order valence-electron chi connectivity index (χ0n) is 11.6. The number of carbonyl (C=O) groups excluding carboxylic acids is 1. The first-order valence-corrected chi connectivity index (χ1v) is 7.40. The number of alkyl halides is 2. The second-order valence-corrected chi connectivity index (χ2v) is 5.79. The second kappa shape index (κ2) is 7.16. The molecule has 0 aliphatic rings. The molecule has 0 aliphatic heterocycles. The number of carbonyl (C=O) groups is 2. The van der Waals surface area contributed by atoms with Gasteiger partial charge in [0.25, 0.3) is 5.91 Å². The van der Waals surface area contributed by atoms with Crippen LogP contribution in [0.1, 0.15) is 20.7 Å². The van der Waals surface area contributed by atoms with Crippen molar-refractivity contribution in [3.63, 3.8) is 0 Å². The molecule has 1 amide bonds. The molecular formula is C15H8F4INO3. The Morgan fingerprint density at radius 3 is 2.25 bits per heavy atom. The zero-order chi connectivity index (χ0) is 18.0. The number of nitrogens with zero attached hydrogens (tertiary/aromatic N) is 1. The topological polar surface area (TPSA) is 57.6 Å². The number of halogens is 5. The van der Waals surface area contributed by atoms with Crippen LogP contribution in [0.25, 0.3) is 0 Å². The van der Waals surface area contributed by atoms with E-state index in [1.54, 1.807) is 22.6 Å². The third kappa shape index (κ3) is 3.66. The number of benzene rings is 2. The highest BCUT2D eigenvalue weighted by Gasteiger charge is 2.31. The minimum atomic E-state index is -3.43. The van der Waals surface area contributed by atoms with E-state index in [0.717, 1.165) is 24.3 Å². The Balaban J connectivity index is 2.59. The Labute approximate surface area is 146 Å². The lowest BCUT2D eigenvalue weighted by Crippen LogP contribution is -2.37. The van der Waals surface area contributed by atoms with E-state index in [9.17, 15) is 27.2 Å². The van der Waals surface area contributed by atoms with Crippen LogP contribution in [0, 0.1) is 15.2 Å². The summed E-state index contributed by atoms with van der Waals surface area (Å²) >= 11 is 1.78. The van der Waals surface area contributed by atoms with Gasteiger partial charge >= 0.3 is 12.5 Å². The molecule has 126 valence electrons. The van der Waals surface area contributed by atoms with Crippen molar-refractivity contribution >= 4 is 40.2 Å². The van der Waals surface area contributed by atoms with Gasteiger partial charge in [-0.15, -0.1) is 0 Å². The van der Waals surface area contributed by atoms with E-state index in [4.69, 9.17) is 5.11 Å². The number of carboxylic acid groups (broad SMARTS) is 1. The number of hydrogen-bond acceptors (Lipinski definition) is 2. The molecule has 0 bridgehead atoms. The maximum atomic E-state index is 13.7. The smallest absolute Gasteiger partial charge is 0.337 e. The zero-order valence-corrected chi connectivity index (χ0v) is 13.8. The molecule has 4 nitrogen and oxygen atoms in total. The highest BCUT2D eigenvalue weighted by molar-refractivity contribution is 14.1. The molecule has 24 heavy (non-hydrogen) atoms. The van der Waals surface area contributed by atoms with Crippen LogP contribution in [0.3, 0.4) is 0 Å². The SMILES string of the molecule is O=C(O)c1cc(I)ccc1N(C(=O)c1ccc(F)cc1F)C(F)F. The first kappa shape index (κ1) is 18.2. The summed E-state index contributed by atoms with van der Waals surface area (Å²) in [7, 11) is 0. The predicted octanol–water partition coefficient (Wildman–Crippen LogP) is 4.14. The van der Waals surface area contributed by atoms with Crippen molar-refractivity contribution in [3.8, 4) is 0 Å². The minimum Gasteiger partial charge on any atom is -0.478 e. The molecule has 0 unspecified atom stereocenters. The Morgan fingerprint density at radius 2 is 1.71 bits per heavy atom. The highest BCUT2D eigenvalue weighted by atomic mass is 127. The molecule has 0 saturated carbocycles. The van der Waals surface area contributed by atoms with E-state index in [1.165, 1.54) is 6.07 Å². The van der Waals surface area contributed by atoms with E-state index in [-0.39, 0.29) is 4.90 Å². The summed E-state index contributed by atoms with van der Waals surface area (Å²) in [5.74, 6) is -5.31. The van der Waals surface area contributed by atoms with Gasteiger partial charge in [-0.1, -0.05) is 0 Å². The summed E-state index contributed by atoms with van der Waals surface area (Å²) in [5.41, 5.74) is -1.93. The van der Waals surface area contributed by atoms with Crippen molar-refractivity contribution in [3.05, 3.63) is 62.7 Å². The van der Waals surface area contributed by atoms with Gasteiger partial charge in [0.15, 0.2) is 0 Å². The summed E-state index contributed by atoms with van der Waals surface area (Å²) < 4.78 is 53.9. The third-order valence-electron chi connectivity index (χ3n) is 3.02. The van der Waals surface area contributed by atoms with Crippen molar-refractivity contribution < 1.29 is 32.3 Å². The molecule has 2 aromatic carbocycles. The quantitative estimate of drug-likeness (QED) is 0.431. The third-order valence-corrected chi connectivity index (χ3v) is 3.70. The van der Waals surface area contributed by atoms with Crippen molar-refractivity contribution in [1.29, 1.82) is 0 Å². The Kier molecular flexibility index (Phi) is 5.42.